The van der Waals surface area contributed by atoms with E-state index in [1.807, 2.05) is 11.9 Å². The summed E-state index contributed by atoms with van der Waals surface area (Å²) in [5, 5.41) is 3.18. The molecule has 0 saturated heterocycles. The number of nitrogens with zero attached hydrogens (tertiary/aromatic N) is 1. The van der Waals surface area contributed by atoms with Crippen LogP contribution in [0.2, 0.25) is 0 Å². The molecular weight excluding hydrogens is 232 g/mol. The molecule has 1 aliphatic rings. The molecule has 18 heavy (non-hydrogen) atoms. The van der Waals surface area contributed by atoms with Crippen LogP contribution in [0.3, 0.4) is 0 Å². The standard InChI is InChI=1S/C13H26N2O3/c1-15(12-5-6-12)13(16)11-14-7-3-4-8-18-10-9-17-2/h12,14H,3-11H2,1-2H3. The smallest absolute Gasteiger partial charge is 0.236 e. The van der Waals surface area contributed by atoms with E-state index in [0.29, 0.717) is 25.8 Å². The number of unbranched alkanes of at least 4 members (excludes halogenated alkanes) is 1. The van der Waals surface area contributed by atoms with Crippen LogP contribution < -0.4 is 5.32 Å². The van der Waals surface area contributed by atoms with E-state index < -0.39 is 0 Å². The van der Waals surface area contributed by atoms with Crippen LogP contribution in [0.5, 0.6) is 0 Å². The van der Waals surface area contributed by atoms with E-state index in [1.54, 1.807) is 7.11 Å². The fraction of sp³-hybridized carbons (Fsp3) is 0.923. The maximum atomic E-state index is 11.7. The normalized spacial score (nSPS) is 14.8. The summed E-state index contributed by atoms with van der Waals surface area (Å²) in [5.41, 5.74) is 0. The van der Waals surface area contributed by atoms with Gasteiger partial charge in [-0.25, -0.2) is 0 Å². The Balaban J connectivity index is 1.81. The minimum Gasteiger partial charge on any atom is -0.382 e. The Morgan fingerprint density at radius 2 is 2.06 bits per heavy atom. The molecule has 1 amide bonds. The van der Waals surface area contributed by atoms with Crippen molar-refractivity contribution < 1.29 is 14.3 Å². The van der Waals surface area contributed by atoms with Crippen LogP contribution in [-0.2, 0) is 14.3 Å². The van der Waals surface area contributed by atoms with Gasteiger partial charge in [-0.1, -0.05) is 0 Å². The van der Waals surface area contributed by atoms with Crippen molar-refractivity contribution in [3.05, 3.63) is 0 Å². The second-order valence-corrected chi connectivity index (χ2v) is 4.72. The Hall–Kier alpha value is -0.650. The van der Waals surface area contributed by atoms with E-state index in [-0.39, 0.29) is 5.91 Å². The average Bonchev–Trinajstić information content (AvgIpc) is 3.20. The molecule has 1 N–H and O–H groups in total. The SMILES string of the molecule is COCCOCCCCNCC(=O)N(C)C1CC1. The minimum absolute atomic E-state index is 0.203. The molecule has 0 spiro atoms. The maximum absolute atomic E-state index is 11.7. The molecule has 1 fully saturated rings. The fourth-order valence-corrected chi connectivity index (χ4v) is 1.68. The predicted molar refractivity (Wildman–Crippen MR) is 70.6 cm³/mol. The third-order valence-corrected chi connectivity index (χ3v) is 3.09. The summed E-state index contributed by atoms with van der Waals surface area (Å²) in [4.78, 5) is 13.5. The number of carbonyl (C=O) groups excluding carboxylic acids is 1. The lowest BCUT2D eigenvalue weighted by Gasteiger charge is -2.16. The molecule has 0 atom stereocenters. The van der Waals surface area contributed by atoms with Crippen LogP contribution in [0.25, 0.3) is 0 Å². The molecule has 5 heteroatoms. The molecule has 0 bridgehead atoms. The topological polar surface area (TPSA) is 50.8 Å². The number of hydrogen-bond donors (Lipinski definition) is 1. The monoisotopic (exact) mass is 258 g/mol. The van der Waals surface area contributed by atoms with Gasteiger partial charge < -0.3 is 19.7 Å². The van der Waals surface area contributed by atoms with Crippen LogP contribution >= 0.6 is 0 Å². The van der Waals surface area contributed by atoms with Crippen molar-refractivity contribution in [2.45, 2.75) is 31.7 Å². The number of carbonyl (C=O) groups is 1. The number of likely N-dealkylation sites (N-methyl/N-ethyl adjacent to an activating group) is 1. The number of nitrogens with one attached hydrogen (secondary N) is 1. The molecule has 0 heterocycles. The summed E-state index contributed by atoms with van der Waals surface area (Å²) in [5.74, 6) is 0.203. The Morgan fingerprint density at radius 3 is 2.72 bits per heavy atom. The number of methoxy groups -OCH3 is 1. The van der Waals surface area contributed by atoms with Gasteiger partial charge in [-0.15, -0.1) is 0 Å². The van der Waals surface area contributed by atoms with Crippen LogP contribution in [-0.4, -0.2) is 63.9 Å². The Labute approximate surface area is 110 Å². The summed E-state index contributed by atoms with van der Waals surface area (Å²) < 4.78 is 10.2. The average molecular weight is 258 g/mol. The summed E-state index contributed by atoms with van der Waals surface area (Å²) in [7, 11) is 3.56. The van der Waals surface area contributed by atoms with Crippen molar-refractivity contribution in [1.82, 2.24) is 10.2 Å². The Bertz CT molecular complexity index is 232. The van der Waals surface area contributed by atoms with Crippen molar-refractivity contribution in [3.63, 3.8) is 0 Å². The van der Waals surface area contributed by atoms with Gasteiger partial charge in [0.05, 0.1) is 19.8 Å². The lowest BCUT2D eigenvalue weighted by atomic mass is 10.3. The van der Waals surface area contributed by atoms with Gasteiger partial charge in [0.15, 0.2) is 0 Å². The molecule has 5 nitrogen and oxygen atoms in total. The molecule has 106 valence electrons. The van der Waals surface area contributed by atoms with E-state index in [4.69, 9.17) is 9.47 Å². The van der Waals surface area contributed by atoms with Crippen LogP contribution in [0.1, 0.15) is 25.7 Å². The van der Waals surface area contributed by atoms with Crippen LogP contribution in [0.15, 0.2) is 0 Å². The highest BCUT2D eigenvalue weighted by Crippen LogP contribution is 2.24. The van der Waals surface area contributed by atoms with E-state index >= 15 is 0 Å². The molecular formula is C13H26N2O3. The van der Waals surface area contributed by atoms with Crippen molar-refractivity contribution in [1.29, 1.82) is 0 Å². The number of hydrogen-bond acceptors (Lipinski definition) is 4. The van der Waals surface area contributed by atoms with Gasteiger partial charge >= 0.3 is 0 Å². The van der Waals surface area contributed by atoms with Gasteiger partial charge in [0.2, 0.25) is 5.91 Å². The molecule has 0 aromatic carbocycles. The zero-order valence-corrected chi connectivity index (χ0v) is 11.6. The largest absolute Gasteiger partial charge is 0.382 e. The second-order valence-electron chi connectivity index (χ2n) is 4.72. The highest BCUT2D eigenvalue weighted by molar-refractivity contribution is 5.78. The molecule has 0 radical (unpaired) electrons. The zero-order valence-electron chi connectivity index (χ0n) is 11.6. The lowest BCUT2D eigenvalue weighted by Crippen LogP contribution is -2.37. The molecule has 1 saturated carbocycles. The number of rotatable bonds is 11. The minimum atomic E-state index is 0.203. The first kappa shape index (κ1) is 15.4. The van der Waals surface area contributed by atoms with Gasteiger partial charge in [-0.2, -0.15) is 0 Å². The van der Waals surface area contributed by atoms with Crippen molar-refractivity contribution in [2.75, 3.05) is 47.1 Å². The lowest BCUT2D eigenvalue weighted by molar-refractivity contribution is -0.129. The van der Waals surface area contributed by atoms with E-state index in [2.05, 4.69) is 5.32 Å². The maximum Gasteiger partial charge on any atom is 0.236 e. The van der Waals surface area contributed by atoms with Gasteiger partial charge in [0.1, 0.15) is 0 Å². The third kappa shape index (κ3) is 6.93. The summed E-state index contributed by atoms with van der Waals surface area (Å²) in [6.45, 7) is 3.41. The van der Waals surface area contributed by atoms with Crippen molar-refractivity contribution in [3.8, 4) is 0 Å². The predicted octanol–water partition coefficient (Wildman–Crippen LogP) is 0.640. The second kappa shape index (κ2) is 9.30. The molecule has 0 aromatic rings. The van der Waals surface area contributed by atoms with Gasteiger partial charge in [-0.3, -0.25) is 4.79 Å². The quantitative estimate of drug-likeness (QED) is 0.553. The Morgan fingerprint density at radius 1 is 1.28 bits per heavy atom. The van der Waals surface area contributed by atoms with E-state index in [1.165, 1.54) is 12.8 Å². The van der Waals surface area contributed by atoms with Gasteiger partial charge in [0.25, 0.3) is 0 Å². The van der Waals surface area contributed by atoms with Crippen LogP contribution in [0, 0.1) is 0 Å². The van der Waals surface area contributed by atoms with E-state index in [0.717, 1.165) is 26.0 Å². The molecule has 1 aliphatic carbocycles. The molecule has 1 rings (SSSR count). The first-order valence-corrected chi connectivity index (χ1v) is 6.78. The summed E-state index contributed by atoms with van der Waals surface area (Å²) >= 11 is 0. The van der Waals surface area contributed by atoms with Crippen molar-refractivity contribution >= 4 is 5.91 Å². The first-order valence-electron chi connectivity index (χ1n) is 6.78. The van der Waals surface area contributed by atoms with E-state index in [9.17, 15) is 4.79 Å². The summed E-state index contributed by atoms with van der Waals surface area (Å²) in [6.07, 6.45) is 4.39. The molecule has 0 aromatic heterocycles. The highest BCUT2D eigenvalue weighted by Gasteiger charge is 2.28. The first-order chi connectivity index (χ1) is 8.75. The number of ether oxygens (including phenoxy) is 2. The van der Waals surface area contributed by atoms with Crippen molar-refractivity contribution in [2.24, 2.45) is 0 Å². The Kier molecular flexibility index (Phi) is 7.96. The third-order valence-electron chi connectivity index (χ3n) is 3.09. The number of amides is 1. The molecule has 0 unspecified atom stereocenters. The summed E-state index contributed by atoms with van der Waals surface area (Å²) in [6, 6.07) is 0.508. The zero-order chi connectivity index (χ0) is 13.2. The molecule has 0 aliphatic heterocycles. The van der Waals surface area contributed by atoms with Gasteiger partial charge in [0, 0.05) is 26.8 Å². The van der Waals surface area contributed by atoms with Crippen LogP contribution in [0.4, 0.5) is 0 Å². The fourth-order valence-electron chi connectivity index (χ4n) is 1.68. The highest BCUT2D eigenvalue weighted by atomic mass is 16.5. The van der Waals surface area contributed by atoms with Gasteiger partial charge in [-0.05, 0) is 32.2 Å².